The van der Waals surface area contributed by atoms with E-state index in [-0.39, 0.29) is 36.5 Å². The Hall–Kier alpha value is -1.84. The van der Waals surface area contributed by atoms with E-state index in [1.807, 2.05) is 0 Å². The average Bonchev–Trinajstić information content (AvgIpc) is 3.56. The molecule has 1 aliphatic carbocycles. The molecule has 3 aliphatic rings. The fraction of sp³-hybridized carbons (Fsp3) is 0.696. The van der Waals surface area contributed by atoms with Crippen molar-refractivity contribution in [1.82, 2.24) is 9.80 Å². The number of halogens is 3. The Morgan fingerprint density at radius 3 is 2.56 bits per heavy atom. The fourth-order valence-electron chi connectivity index (χ4n) is 5.06. The lowest BCUT2D eigenvalue weighted by Gasteiger charge is -2.38. The zero-order valence-corrected chi connectivity index (χ0v) is 18.2. The number of rotatable bonds is 6. The summed E-state index contributed by atoms with van der Waals surface area (Å²) in [6.45, 7) is 3.20. The molecule has 2 saturated heterocycles. The first-order valence-corrected chi connectivity index (χ1v) is 11.4. The SMILES string of the molecule is O=C1CCN(c2cccc(C(F)(F)F)c2)CCN1[C@H](CO)CCN1CCC2(CC2)C(O)C1. The van der Waals surface area contributed by atoms with E-state index in [1.54, 1.807) is 15.9 Å². The fourth-order valence-corrected chi connectivity index (χ4v) is 5.06. The molecule has 0 bridgehead atoms. The van der Waals surface area contributed by atoms with Gasteiger partial charge >= 0.3 is 6.18 Å². The minimum atomic E-state index is -4.41. The van der Waals surface area contributed by atoms with Gasteiger partial charge in [0.2, 0.25) is 5.91 Å². The highest BCUT2D eigenvalue weighted by molar-refractivity contribution is 5.78. The van der Waals surface area contributed by atoms with Gasteiger partial charge in [-0.1, -0.05) is 6.07 Å². The van der Waals surface area contributed by atoms with Gasteiger partial charge in [0, 0.05) is 44.8 Å². The Kier molecular flexibility index (Phi) is 6.70. The molecule has 32 heavy (non-hydrogen) atoms. The minimum Gasteiger partial charge on any atom is -0.394 e. The van der Waals surface area contributed by atoms with E-state index < -0.39 is 11.7 Å². The Bertz CT molecular complexity index is 815. The quantitative estimate of drug-likeness (QED) is 0.690. The summed E-state index contributed by atoms with van der Waals surface area (Å²) in [7, 11) is 0. The van der Waals surface area contributed by atoms with Gasteiger partial charge in [-0.3, -0.25) is 4.79 Å². The van der Waals surface area contributed by atoms with E-state index >= 15 is 0 Å². The lowest BCUT2D eigenvalue weighted by atomic mass is 9.90. The van der Waals surface area contributed by atoms with Crippen LogP contribution in [0.5, 0.6) is 0 Å². The minimum absolute atomic E-state index is 0.0888. The third kappa shape index (κ3) is 5.05. The number of aliphatic hydroxyl groups excluding tert-OH is 2. The van der Waals surface area contributed by atoms with Crippen molar-refractivity contribution in [3.8, 4) is 0 Å². The van der Waals surface area contributed by atoms with Crippen molar-refractivity contribution in [3.63, 3.8) is 0 Å². The summed E-state index contributed by atoms with van der Waals surface area (Å²) in [4.78, 5) is 18.5. The predicted octanol–water partition coefficient (Wildman–Crippen LogP) is 2.34. The Morgan fingerprint density at radius 1 is 1.12 bits per heavy atom. The summed E-state index contributed by atoms with van der Waals surface area (Å²) < 4.78 is 39.2. The molecule has 0 radical (unpaired) electrons. The van der Waals surface area contributed by atoms with Gasteiger partial charge in [0.15, 0.2) is 0 Å². The normalized spacial score (nSPS) is 25.2. The lowest BCUT2D eigenvalue weighted by molar-refractivity contribution is -0.137. The number of anilines is 1. The number of benzene rings is 1. The van der Waals surface area contributed by atoms with Gasteiger partial charge in [0.1, 0.15) is 0 Å². The van der Waals surface area contributed by atoms with Crippen LogP contribution in [0.1, 0.15) is 37.7 Å². The largest absolute Gasteiger partial charge is 0.416 e. The summed E-state index contributed by atoms with van der Waals surface area (Å²) in [5.74, 6) is -0.0888. The molecule has 6 nitrogen and oxygen atoms in total. The number of hydrogen-bond donors (Lipinski definition) is 2. The number of likely N-dealkylation sites (tertiary alicyclic amines) is 1. The molecule has 2 atom stereocenters. The number of β-amino-alcohol motifs (C(OH)–C–C–N with tert-alkyl or cyclic N) is 1. The molecule has 2 N–H and O–H groups in total. The molecule has 1 saturated carbocycles. The Morgan fingerprint density at radius 2 is 1.91 bits per heavy atom. The monoisotopic (exact) mass is 455 g/mol. The number of amides is 1. The van der Waals surface area contributed by atoms with Gasteiger partial charge < -0.3 is 24.9 Å². The van der Waals surface area contributed by atoms with E-state index in [0.717, 1.165) is 37.9 Å². The summed E-state index contributed by atoms with van der Waals surface area (Å²) in [6.07, 6.45) is -0.717. The van der Waals surface area contributed by atoms with E-state index in [0.29, 0.717) is 44.8 Å². The van der Waals surface area contributed by atoms with Crippen LogP contribution in [0, 0.1) is 5.41 Å². The molecule has 9 heteroatoms. The molecule has 1 amide bonds. The molecule has 1 spiro atoms. The number of aliphatic hydroxyl groups is 2. The van der Waals surface area contributed by atoms with Crippen molar-refractivity contribution in [1.29, 1.82) is 0 Å². The van der Waals surface area contributed by atoms with Gasteiger partial charge in [-0.2, -0.15) is 13.2 Å². The van der Waals surface area contributed by atoms with Gasteiger partial charge in [0.05, 0.1) is 24.3 Å². The van der Waals surface area contributed by atoms with Crippen LogP contribution < -0.4 is 4.90 Å². The maximum absolute atomic E-state index is 13.1. The standard InChI is InChI=1S/C23H32F3N3O3/c24-23(25,26)17-2-1-3-18(14-17)28-10-5-21(32)29(13-12-28)19(16-30)4-9-27-11-8-22(6-7-22)20(31)15-27/h1-3,14,19-20,30-31H,4-13,15-16H2/t19-,20?/m0/s1. The lowest BCUT2D eigenvalue weighted by Crippen LogP contribution is -2.48. The van der Waals surface area contributed by atoms with Crippen LogP contribution in [0.3, 0.4) is 0 Å². The highest BCUT2D eigenvalue weighted by atomic mass is 19.4. The van der Waals surface area contributed by atoms with Crippen molar-refractivity contribution in [2.24, 2.45) is 5.41 Å². The van der Waals surface area contributed by atoms with E-state index in [2.05, 4.69) is 4.90 Å². The van der Waals surface area contributed by atoms with Gasteiger partial charge in [0.25, 0.3) is 0 Å². The predicted molar refractivity (Wildman–Crippen MR) is 114 cm³/mol. The second kappa shape index (κ2) is 9.19. The first-order chi connectivity index (χ1) is 15.2. The second-order valence-corrected chi connectivity index (χ2v) is 9.43. The van der Waals surface area contributed by atoms with Crippen LogP contribution in [0.25, 0.3) is 0 Å². The van der Waals surface area contributed by atoms with Gasteiger partial charge in [-0.25, -0.2) is 0 Å². The first-order valence-electron chi connectivity index (χ1n) is 11.4. The summed E-state index contributed by atoms with van der Waals surface area (Å²) in [5, 5.41) is 20.4. The molecule has 178 valence electrons. The van der Waals surface area contributed by atoms with Crippen LogP contribution in [0.2, 0.25) is 0 Å². The summed E-state index contributed by atoms with van der Waals surface area (Å²) in [5.41, 5.74) is -0.112. The maximum atomic E-state index is 13.1. The molecule has 2 heterocycles. The molecule has 3 fully saturated rings. The van der Waals surface area contributed by atoms with E-state index in [1.165, 1.54) is 6.07 Å². The molecule has 0 aromatic heterocycles. The molecule has 1 aromatic carbocycles. The van der Waals surface area contributed by atoms with Crippen molar-refractivity contribution in [2.75, 3.05) is 50.8 Å². The molecule has 4 rings (SSSR count). The highest BCUT2D eigenvalue weighted by Crippen LogP contribution is 2.53. The van der Waals surface area contributed by atoms with Crippen molar-refractivity contribution in [3.05, 3.63) is 29.8 Å². The summed E-state index contributed by atoms with van der Waals surface area (Å²) in [6, 6.07) is 4.85. The number of carbonyl (C=O) groups excluding carboxylic acids is 1. The molecular weight excluding hydrogens is 423 g/mol. The van der Waals surface area contributed by atoms with E-state index in [9.17, 15) is 28.2 Å². The Labute approximate surface area is 186 Å². The Balaban J connectivity index is 1.35. The van der Waals surface area contributed by atoms with Crippen molar-refractivity contribution in [2.45, 2.75) is 50.4 Å². The first kappa shape index (κ1) is 23.3. The van der Waals surface area contributed by atoms with Crippen LogP contribution in [-0.2, 0) is 11.0 Å². The average molecular weight is 456 g/mol. The number of nitrogens with zero attached hydrogens (tertiary/aromatic N) is 3. The van der Waals surface area contributed by atoms with Gasteiger partial charge in [-0.15, -0.1) is 0 Å². The molecule has 1 aromatic rings. The van der Waals surface area contributed by atoms with E-state index in [4.69, 9.17) is 0 Å². The maximum Gasteiger partial charge on any atom is 0.416 e. The third-order valence-corrected chi connectivity index (χ3v) is 7.45. The van der Waals surface area contributed by atoms with Crippen molar-refractivity contribution >= 4 is 11.6 Å². The number of alkyl halides is 3. The second-order valence-electron chi connectivity index (χ2n) is 9.43. The van der Waals surface area contributed by atoms with Crippen LogP contribution in [0.15, 0.2) is 24.3 Å². The zero-order chi connectivity index (χ0) is 22.9. The number of piperidine rings is 1. The number of carbonyl (C=O) groups is 1. The smallest absolute Gasteiger partial charge is 0.394 e. The summed E-state index contributed by atoms with van der Waals surface area (Å²) >= 11 is 0. The number of hydrogen-bond acceptors (Lipinski definition) is 5. The van der Waals surface area contributed by atoms with Gasteiger partial charge in [-0.05, 0) is 55.8 Å². The molecule has 1 unspecified atom stereocenters. The van der Waals surface area contributed by atoms with Crippen LogP contribution in [0.4, 0.5) is 18.9 Å². The highest BCUT2D eigenvalue weighted by Gasteiger charge is 2.51. The van der Waals surface area contributed by atoms with Crippen LogP contribution in [-0.4, -0.2) is 83.9 Å². The molecular formula is C23H32F3N3O3. The molecule has 2 aliphatic heterocycles. The third-order valence-electron chi connectivity index (χ3n) is 7.45. The topological polar surface area (TPSA) is 67.2 Å². The zero-order valence-electron chi connectivity index (χ0n) is 18.2. The van der Waals surface area contributed by atoms with Crippen molar-refractivity contribution < 1.29 is 28.2 Å². The van der Waals surface area contributed by atoms with Crippen LogP contribution >= 0.6 is 0 Å².